The van der Waals surface area contributed by atoms with Crippen molar-refractivity contribution in [2.24, 2.45) is 0 Å². The standard InChI is InChI=1S/C25H26Cl2N2O4S2/c1-33-23-10-12-24(13-11-23)35(31,32)29(22-8-6-20(26)7-9-22)17-25(30)28-14-3-15-34-18-19-4-2-5-21(27)16-19/h2,4-13,16H,3,14-15,17-18H2,1H3,(H,28,30). The smallest absolute Gasteiger partial charge is 0.264 e. The van der Waals surface area contributed by atoms with Crippen molar-refractivity contribution in [3.63, 3.8) is 0 Å². The Labute approximate surface area is 220 Å². The van der Waals surface area contributed by atoms with Gasteiger partial charge < -0.3 is 10.1 Å². The highest BCUT2D eigenvalue weighted by molar-refractivity contribution is 7.98. The van der Waals surface area contributed by atoms with E-state index < -0.39 is 15.9 Å². The fraction of sp³-hybridized carbons (Fsp3) is 0.240. The van der Waals surface area contributed by atoms with E-state index in [1.165, 1.54) is 19.2 Å². The van der Waals surface area contributed by atoms with E-state index in [0.29, 0.717) is 28.0 Å². The van der Waals surface area contributed by atoms with E-state index in [9.17, 15) is 13.2 Å². The first-order valence-electron chi connectivity index (χ1n) is 10.8. The molecule has 0 aromatic heterocycles. The quantitative estimate of drug-likeness (QED) is 0.294. The summed E-state index contributed by atoms with van der Waals surface area (Å²) in [4.78, 5) is 12.7. The number of hydrogen-bond donors (Lipinski definition) is 1. The second-order valence-corrected chi connectivity index (χ2v) is 11.4. The molecular formula is C25H26Cl2N2O4S2. The molecule has 1 N–H and O–H groups in total. The molecule has 0 aliphatic heterocycles. The monoisotopic (exact) mass is 552 g/mol. The summed E-state index contributed by atoms with van der Waals surface area (Å²) in [6.45, 7) is 0.0874. The number of rotatable bonds is 12. The zero-order valence-electron chi connectivity index (χ0n) is 19.1. The third-order valence-electron chi connectivity index (χ3n) is 4.99. The van der Waals surface area contributed by atoms with Crippen LogP contribution in [0.25, 0.3) is 0 Å². The van der Waals surface area contributed by atoms with E-state index in [1.807, 2.05) is 24.3 Å². The SMILES string of the molecule is COc1ccc(S(=O)(=O)N(CC(=O)NCCCSCc2cccc(Cl)c2)c2ccc(Cl)cc2)cc1. The van der Waals surface area contributed by atoms with Crippen LogP contribution in [0.3, 0.4) is 0 Å². The van der Waals surface area contributed by atoms with Crippen LogP contribution in [0.4, 0.5) is 5.69 Å². The van der Waals surface area contributed by atoms with Crippen molar-refractivity contribution < 1.29 is 17.9 Å². The van der Waals surface area contributed by atoms with E-state index >= 15 is 0 Å². The molecule has 6 nitrogen and oxygen atoms in total. The lowest BCUT2D eigenvalue weighted by Crippen LogP contribution is -2.41. The van der Waals surface area contributed by atoms with Crippen LogP contribution in [0, 0.1) is 0 Å². The number of methoxy groups -OCH3 is 1. The van der Waals surface area contributed by atoms with Gasteiger partial charge in [0.2, 0.25) is 5.91 Å². The molecule has 0 bridgehead atoms. The highest BCUT2D eigenvalue weighted by atomic mass is 35.5. The zero-order chi connectivity index (χ0) is 25.3. The summed E-state index contributed by atoms with van der Waals surface area (Å²) in [5, 5.41) is 4.00. The first-order valence-corrected chi connectivity index (χ1v) is 14.2. The molecule has 0 heterocycles. The van der Waals surface area contributed by atoms with Crippen LogP contribution in [-0.4, -0.2) is 40.3 Å². The van der Waals surface area contributed by atoms with Crippen molar-refractivity contribution in [1.82, 2.24) is 5.32 Å². The molecule has 0 unspecified atom stereocenters. The Morgan fingerprint density at radius 1 is 1.00 bits per heavy atom. The van der Waals surface area contributed by atoms with Crippen LogP contribution in [0.15, 0.2) is 77.7 Å². The molecule has 3 aromatic carbocycles. The van der Waals surface area contributed by atoms with Gasteiger partial charge in [-0.05, 0) is 78.4 Å². The average molecular weight is 554 g/mol. The number of hydrogen-bond acceptors (Lipinski definition) is 5. The molecule has 0 saturated carbocycles. The fourth-order valence-electron chi connectivity index (χ4n) is 3.20. The maximum absolute atomic E-state index is 13.4. The molecule has 0 fully saturated rings. The minimum absolute atomic E-state index is 0.0541. The molecular weight excluding hydrogens is 527 g/mol. The minimum Gasteiger partial charge on any atom is -0.497 e. The number of nitrogens with one attached hydrogen (secondary N) is 1. The van der Waals surface area contributed by atoms with Crippen molar-refractivity contribution in [3.05, 3.63) is 88.4 Å². The minimum atomic E-state index is -4.00. The highest BCUT2D eigenvalue weighted by Gasteiger charge is 2.27. The average Bonchev–Trinajstić information content (AvgIpc) is 2.85. The summed E-state index contributed by atoms with van der Waals surface area (Å²) in [6, 6.07) is 20.1. The maximum atomic E-state index is 13.4. The molecule has 3 aromatic rings. The lowest BCUT2D eigenvalue weighted by molar-refractivity contribution is -0.119. The number of nitrogens with zero attached hydrogens (tertiary/aromatic N) is 1. The Hall–Kier alpha value is -2.39. The van der Waals surface area contributed by atoms with Gasteiger partial charge in [-0.15, -0.1) is 0 Å². The highest BCUT2D eigenvalue weighted by Crippen LogP contribution is 2.26. The van der Waals surface area contributed by atoms with E-state index in [2.05, 4.69) is 5.32 Å². The van der Waals surface area contributed by atoms with Gasteiger partial charge in [0.15, 0.2) is 0 Å². The number of sulfonamides is 1. The van der Waals surface area contributed by atoms with Crippen LogP contribution < -0.4 is 14.4 Å². The molecule has 10 heteroatoms. The van der Waals surface area contributed by atoms with Gasteiger partial charge in [0.1, 0.15) is 12.3 Å². The lowest BCUT2D eigenvalue weighted by atomic mass is 10.2. The Balaban J connectivity index is 1.59. The van der Waals surface area contributed by atoms with Crippen LogP contribution in [0.5, 0.6) is 5.75 Å². The van der Waals surface area contributed by atoms with Gasteiger partial charge in [-0.25, -0.2) is 8.42 Å². The van der Waals surface area contributed by atoms with Crippen molar-refractivity contribution in [2.45, 2.75) is 17.1 Å². The zero-order valence-corrected chi connectivity index (χ0v) is 22.3. The van der Waals surface area contributed by atoms with Gasteiger partial charge in [0.25, 0.3) is 10.0 Å². The number of amides is 1. The van der Waals surface area contributed by atoms with Crippen LogP contribution in [-0.2, 0) is 20.6 Å². The summed E-state index contributed by atoms with van der Waals surface area (Å²) in [6.07, 6.45) is 0.753. The van der Waals surface area contributed by atoms with Gasteiger partial charge >= 0.3 is 0 Å². The molecule has 0 aliphatic rings. The van der Waals surface area contributed by atoms with Gasteiger partial charge in [-0.1, -0.05) is 35.3 Å². The van der Waals surface area contributed by atoms with Gasteiger partial charge in [-0.3, -0.25) is 9.10 Å². The molecule has 1 amide bonds. The van der Waals surface area contributed by atoms with Crippen LogP contribution in [0.2, 0.25) is 10.0 Å². The molecule has 0 aliphatic carbocycles. The second-order valence-electron chi connectivity index (χ2n) is 7.55. The van der Waals surface area contributed by atoms with Crippen molar-refractivity contribution in [3.8, 4) is 5.75 Å². The molecule has 0 saturated heterocycles. The summed E-state index contributed by atoms with van der Waals surface area (Å²) in [5.41, 5.74) is 1.49. The van der Waals surface area contributed by atoms with Crippen molar-refractivity contribution >= 4 is 56.6 Å². The number of benzene rings is 3. The summed E-state index contributed by atoms with van der Waals surface area (Å²) in [7, 11) is -2.50. The topological polar surface area (TPSA) is 75.7 Å². The van der Waals surface area contributed by atoms with Crippen LogP contribution in [0.1, 0.15) is 12.0 Å². The number of halogens is 2. The summed E-state index contributed by atoms with van der Waals surface area (Å²) >= 11 is 13.7. The number of anilines is 1. The predicted molar refractivity (Wildman–Crippen MR) is 144 cm³/mol. The van der Waals surface area contributed by atoms with Crippen LogP contribution >= 0.6 is 35.0 Å². The number of carbonyl (C=O) groups excluding carboxylic acids is 1. The normalized spacial score (nSPS) is 11.2. The first-order chi connectivity index (χ1) is 16.8. The van der Waals surface area contributed by atoms with Crippen molar-refractivity contribution in [2.75, 3.05) is 30.3 Å². The van der Waals surface area contributed by atoms with Gasteiger partial charge in [0.05, 0.1) is 17.7 Å². The largest absolute Gasteiger partial charge is 0.497 e. The van der Waals surface area contributed by atoms with Gasteiger partial charge in [-0.2, -0.15) is 11.8 Å². The fourth-order valence-corrected chi connectivity index (χ4v) is 5.87. The molecule has 0 atom stereocenters. The number of ether oxygens (including phenoxy) is 1. The van der Waals surface area contributed by atoms with Gasteiger partial charge in [0, 0.05) is 22.3 Å². The summed E-state index contributed by atoms with van der Waals surface area (Å²) in [5.74, 6) is 1.82. The molecule has 0 spiro atoms. The maximum Gasteiger partial charge on any atom is 0.264 e. The number of carbonyl (C=O) groups is 1. The van der Waals surface area contributed by atoms with E-state index in [0.717, 1.165) is 27.8 Å². The molecule has 3 rings (SSSR count). The number of thioether (sulfide) groups is 1. The first kappa shape index (κ1) is 27.2. The summed E-state index contributed by atoms with van der Waals surface area (Å²) < 4.78 is 33.0. The van der Waals surface area contributed by atoms with E-state index in [-0.39, 0.29) is 11.4 Å². The third-order valence-corrected chi connectivity index (χ3v) is 8.38. The Morgan fingerprint density at radius 3 is 2.37 bits per heavy atom. The third kappa shape index (κ3) is 8.07. The van der Waals surface area contributed by atoms with Crippen molar-refractivity contribution in [1.29, 1.82) is 0 Å². The van der Waals surface area contributed by atoms with E-state index in [1.54, 1.807) is 48.2 Å². The Morgan fingerprint density at radius 2 is 1.71 bits per heavy atom. The van der Waals surface area contributed by atoms with E-state index in [4.69, 9.17) is 27.9 Å². The molecule has 35 heavy (non-hydrogen) atoms. The lowest BCUT2D eigenvalue weighted by Gasteiger charge is -2.24. The molecule has 0 radical (unpaired) electrons. The second kappa shape index (κ2) is 13.1. The Kier molecular flexibility index (Phi) is 10.2. The predicted octanol–water partition coefficient (Wildman–Crippen LogP) is 5.64. The Bertz CT molecular complexity index is 1220. The molecule has 186 valence electrons.